The van der Waals surface area contributed by atoms with Crippen molar-refractivity contribution >= 4 is 17.2 Å². The molecule has 0 spiro atoms. The van der Waals surface area contributed by atoms with Crippen molar-refractivity contribution in [3.63, 3.8) is 0 Å². The predicted octanol–water partition coefficient (Wildman–Crippen LogP) is 3.98. The SMILES string of the molecule is COc1ccc(N2CCCN(C(=O)/C=C(/C)c3ccc(F)cc3)CC2)cc1. The van der Waals surface area contributed by atoms with Crippen molar-refractivity contribution in [2.24, 2.45) is 0 Å². The molecule has 2 aromatic rings. The van der Waals surface area contributed by atoms with Gasteiger partial charge >= 0.3 is 0 Å². The number of ether oxygens (including phenoxy) is 1. The molecule has 0 bridgehead atoms. The van der Waals surface area contributed by atoms with Crippen molar-refractivity contribution in [1.82, 2.24) is 4.90 Å². The number of rotatable bonds is 4. The lowest BCUT2D eigenvalue weighted by Crippen LogP contribution is -2.34. The zero-order chi connectivity index (χ0) is 19.2. The molecular formula is C22H25FN2O2. The maximum atomic E-state index is 13.1. The van der Waals surface area contributed by atoms with Crippen LogP contribution in [-0.4, -0.2) is 44.1 Å². The van der Waals surface area contributed by atoms with Crippen molar-refractivity contribution in [1.29, 1.82) is 0 Å². The number of carbonyl (C=O) groups excluding carboxylic acids is 1. The summed E-state index contributed by atoms with van der Waals surface area (Å²) >= 11 is 0. The lowest BCUT2D eigenvalue weighted by molar-refractivity contribution is -0.125. The van der Waals surface area contributed by atoms with E-state index in [0.29, 0.717) is 6.54 Å². The molecule has 1 heterocycles. The van der Waals surface area contributed by atoms with Crippen LogP contribution in [0.3, 0.4) is 0 Å². The molecule has 1 aliphatic rings. The molecule has 3 rings (SSSR count). The minimum atomic E-state index is -0.274. The zero-order valence-corrected chi connectivity index (χ0v) is 15.8. The smallest absolute Gasteiger partial charge is 0.246 e. The number of benzene rings is 2. The fourth-order valence-corrected chi connectivity index (χ4v) is 3.26. The van der Waals surface area contributed by atoms with Gasteiger partial charge in [-0.1, -0.05) is 12.1 Å². The van der Waals surface area contributed by atoms with Gasteiger partial charge in [0.15, 0.2) is 0 Å². The van der Waals surface area contributed by atoms with Crippen LogP contribution < -0.4 is 9.64 Å². The van der Waals surface area contributed by atoms with Crippen molar-refractivity contribution in [2.45, 2.75) is 13.3 Å². The monoisotopic (exact) mass is 368 g/mol. The van der Waals surface area contributed by atoms with Crippen LogP contribution in [-0.2, 0) is 4.79 Å². The highest BCUT2D eigenvalue weighted by Gasteiger charge is 2.18. The molecule has 0 unspecified atom stereocenters. The molecule has 0 aliphatic carbocycles. The summed E-state index contributed by atoms with van der Waals surface area (Å²) in [6, 6.07) is 14.2. The number of carbonyl (C=O) groups is 1. The molecule has 0 aromatic heterocycles. The Labute approximate surface area is 159 Å². The normalized spacial score (nSPS) is 15.4. The molecule has 142 valence electrons. The van der Waals surface area contributed by atoms with E-state index in [1.54, 1.807) is 25.3 Å². The highest BCUT2D eigenvalue weighted by Crippen LogP contribution is 2.21. The largest absolute Gasteiger partial charge is 0.497 e. The Morgan fingerprint density at radius 2 is 1.70 bits per heavy atom. The first-order valence-corrected chi connectivity index (χ1v) is 9.19. The van der Waals surface area contributed by atoms with Crippen LogP contribution in [0.1, 0.15) is 18.9 Å². The molecule has 0 radical (unpaired) electrons. The van der Waals surface area contributed by atoms with E-state index in [-0.39, 0.29) is 11.7 Å². The number of hydrogen-bond donors (Lipinski definition) is 0. The van der Waals surface area contributed by atoms with Gasteiger partial charge in [0.25, 0.3) is 0 Å². The van der Waals surface area contributed by atoms with Gasteiger partial charge in [-0.05, 0) is 60.9 Å². The van der Waals surface area contributed by atoms with Crippen LogP contribution in [0.2, 0.25) is 0 Å². The molecule has 27 heavy (non-hydrogen) atoms. The van der Waals surface area contributed by atoms with Crippen LogP contribution in [0.25, 0.3) is 5.57 Å². The topological polar surface area (TPSA) is 32.8 Å². The third-order valence-corrected chi connectivity index (χ3v) is 4.88. The Balaban J connectivity index is 1.63. The fourth-order valence-electron chi connectivity index (χ4n) is 3.26. The first-order chi connectivity index (χ1) is 13.1. The molecule has 4 nitrogen and oxygen atoms in total. The van der Waals surface area contributed by atoms with Gasteiger partial charge in [-0.3, -0.25) is 4.79 Å². The number of nitrogens with zero attached hydrogens (tertiary/aromatic N) is 2. The van der Waals surface area contributed by atoms with Crippen LogP contribution in [0.4, 0.5) is 10.1 Å². The van der Waals surface area contributed by atoms with Gasteiger partial charge in [-0.25, -0.2) is 4.39 Å². The number of hydrogen-bond acceptors (Lipinski definition) is 3. The Bertz CT molecular complexity index is 800. The molecule has 2 aromatic carbocycles. The first kappa shape index (κ1) is 19.0. The van der Waals surface area contributed by atoms with Crippen molar-refractivity contribution < 1.29 is 13.9 Å². The molecule has 5 heteroatoms. The van der Waals surface area contributed by atoms with E-state index in [1.165, 1.54) is 12.1 Å². The lowest BCUT2D eigenvalue weighted by atomic mass is 10.1. The molecule has 0 saturated carbocycles. The van der Waals surface area contributed by atoms with Gasteiger partial charge in [-0.15, -0.1) is 0 Å². The molecule has 1 saturated heterocycles. The van der Waals surface area contributed by atoms with E-state index in [2.05, 4.69) is 17.0 Å². The number of anilines is 1. The van der Waals surface area contributed by atoms with E-state index in [1.807, 2.05) is 24.0 Å². The van der Waals surface area contributed by atoms with Gasteiger partial charge in [0.2, 0.25) is 5.91 Å². The summed E-state index contributed by atoms with van der Waals surface area (Å²) < 4.78 is 18.3. The fraction of sp³-hybridized carbons (Fsp3) is 0.318. The minimum Gasteiger partial charge on any atom is -0.497 e. The Morgan fingerprint density at radius 3 is 2.37 bits per heavy atom. The van der Waals surface area contributed by atoms with E-state index in [4.69, 9.17) is 4.74 Å². The maximum Gasteiger partial charge on any atom is 0.246 e. The summed E-state index contributed by atoms with van der Waals surface area (Å²) in [7, 11) is 1.66. The molecule has 0 atom stereocenters. The van der Waals surface area contributed by atoms with E-state index >= 15 is 0 Å². The van der Waals surface area contributed by atoms with Gasteiger partial charge in [0, 0.05) is 37.9 Å². The lowest BCUT2D eigenvalue weighted by Gasteiger charge is -2.23. The van der Waals surface area contributed by atoms with E-state index < -0.39 is 0 Å². The summed E-state index contributed by atoms with van der Waals surface area (Å²) in [4.78, 5) is 16.8. The van der Waals surface area contributed by atoms with Crippen LogP contribution >= 0.6 is 0 Å². The second-order valence-corrected chi connectivity index (χ2v) is 6.70. The van der Waals surface area contributed by atoms with Gasteiger partial charge in [-0.2, -0.15) is 0 Å². The third kappa shape index (κ3) is 4.88. The highest BCUT2D eigenvalue weighted by atomic mass is 19.1. The molecule has 1 amide bonds. The first-order valence-electron chi connectivity index (χ1n) is 9.19. The standard InChI is InChI=1S/C22H25FN2O2/c1-17(18-4-6-19(23)7-5-18)16-22(26)25-13-3-12-24(14-15-25)20-8-10-21(27-2)11-9-20/h4-11,16H,3,12-15H2,1-2H3/b17-16-. The number of halogens is 1. The average molecular weight is 368 g/mol. The second kappa shape index (κ2) is 8.71. The predicted molar refractivity (Wildman–Crippen MR) is 106 cm³/mol. The maximum absolute atomic E-state index is 13.1. The number of amides is 1. The van der Waals surface area contributed by atoms with Crippen molar-refractivity contribution in [2.75, 3.05) is 38.2 Å². The average Bonchev–Trinajstić information content (AvgIpc) is 2.95. The molecule has 0 N–H and O–H groups in total. The number of allylic oxidation sites excluding steroid dienone is 1. The molecule has 1 fully saturated rings. The summed E-state index contributed by atoms with van der Waals surface area (Å²) in [5.74, 6) is 0.573. The Kier molecular flexibility index (Phi) is 6.12. The van der Waals surface area contributed by atoms with Crippen LogP contribution in [0.15, 0.2) is 54.6 Å². The quantitative estimate of drug-likeness (QED) is 0.766. The second-order valence-electron chi connectivity index (χ2n) is 6.70. The van der Waals surface area contributed by atoms with E-state index in [0.717, 1.165) is 48.6 Å². The highest BCUT2D eigenvalue weighted by molar-refractivity contribution is 5.94. The molecular weight excluding hydrogens is 343 g/mol. The van der Waals surface area contributed by atoms with Gasteiger partial charge in [0.1, 0.15) is 11.6 Å². The van der Waals surface area contributed by atoms with Crippen LogP contribution in [0, 0.1) is 5.82 Å². The van der Waals surface area contributed by atoms with Crippen molar-refractivity contribution in [3.8, 4) is 5.75 Å². The minimum absolute atomic E-state index is 0.00778. The zero-order valence-electron chi connectivity index (χ0n) is 15.8. The molecule has 1 aliphatic heterocycles. The van der Waals surface area contributed by atoms with Gasteiger partial charge in [0.05, 0.1) is 7.11 Å². The van der Waals surface area contributed by atoms with Gasteiger partial charge < -0.3 is 14.5 Å². The Hall–Kier alpha value is -2.82. The number of methoxy groups -OCH3 is 1. The Morgan fingerprint density at radius 1 is 1.00 bits per heavy atom. The summed E-state index contributed by atoms with van der Waals surface area (Å²) in [6.07, 6.45) is 2.57. The van der Waals surface area contributed by atoms with Crippen LogP contribution in [0.5, 0.6) is 5.75 Å². The summed E-state index contributed by atoms with van der Waals surface area (Å²) in [5, 5.41) is 0. The summed E-state index contributed by atoms with van der Waals surface area (Å²) in [5.41, 5.74) is 2.85. The van der Waals surface area contributed by atoms with Crippen molar-refractivity contribution in [3.05, 3.63) is 66.0 Å². The van der Waals surface area contributed by atoms with E-state index in [9.17, 15) is 9.18 Å². The third-order valence-electron chi connectivity index (χ3n) is 4.88. The summed E-state index contributed by atoms with van der Waals surface area (Å²) in [6.45, 7) is 5.00.